The average Bonchev–Trinajstić information content (AvgIpc) is 2.78. The summed E-state index contributed by atoms with van der Waals surface area (Å²) < 4.78 is 8.20. The summed E-state index contributed by atoms with van der Waals surface area (Å²) >= 11 is 18.5. The number of rotatable bonds is 4. The van der Waals surface area contributed by atoms with Gasteiger partial charge in [0.2, 0.25) is 0 Å². The first-order chi connectivity index (χ1) is 10.4. The second kappa shape index (κ2) is 6.56. The molecule has 7 heteroatoms. The quantitative estimate of drug-likeness (QED) is 0.443. The number of nitrogens with zero attached hydrogens (tertiary/aromatic N) is 2. The zero-order chi connectivity index (χ0) is 17.6. The van der Waals surface area contributed by atoms with Gasteiger partial charge in [-0.3, -0.25) is 4.68 Å². The highest BCUT2D eigenvalue weighted by Gasteiger charge is 2.38. The molecule has 1 atom stereocenters. The van der Waals surface area contributed by atoms with Crippen LogP contribution in [-0.4, -0.2) is 24.2 Å². The van der Waals surface area contributed by atoms with E-state index in [4.69, 9.17) is 39.2 Å². The van der Waals surface area contributed by atoms with Gasteiger partial charge in [0.05, 0.1) is 27.7 Å². The van der Waals surface area contributed by atoms with E-state index in [1.165, 1.54) is 0 Å². The minimum atomic E-state index is -1.81. The molecule has 2 aromatic rings. The summed E-state index contributed by atoms with van der Waals surface area (Å²) in [6.07, 6.45) is 1.95. The molecular weight excluding hydrogens is 371 g/mol. The van der Waals surface area contributed by atoms with Crippen molar-refractivity contribution in [1.29, 1.82) is 0 Å². The van der Waals surface area contributed by atoms with E-state index in [0.717, 1.165) is 5.39 Å². The van der Waals surface area contributed by atoms with Gasteiger partial charge in [0.15, 0.2) is 8.32 Å². The summed E-state index contributed by atoms with van der Waals surface area (Å²) in [5, 5.41) is 6.90. The second-order valence-electron chi connectivity index (χ2n) is 7.46. The molecular formula is C16H23Cl3N2OSi. The second-order valence-corrected chi connectivity index (χ2v) is 13.4. The van der Waals surface area contributed by atoms with Crippen molar-refractivity contribution in [3.8, 4) is 0 Å². The molecule has 23 heavy (non-hydrogen) atoms. The van der Waals surface area contributed by atoms with Crippen molar-refractivity contribution in [2.45, 2.75) is 58.5 Å². The molecule has 128 valence electrons. The van der Waals surface area contributed by atoms with Gasteiger partial charge in [0.25, 0.3) is 0 Å². The number of hydrogen-bond donors (Lipinski definition) is 0. The molecule has 0 aliphatic carbocycles. The highest BCUT2D eigenvalue weighted by Crippen LogP contribution is 2.38. The number of fused-ring (bicyclic) bond motifs is 1. The predicted molar refractivity (Wildman–Crippen MR) is 103 cm³/mol. The third-order valence-corrected chi connectivity index (χ3v) is 10.1. The number of hydrogen-bond acceptors (Lipinski definition) is 2. The van der Waals surface area contributed by atoms with Crippen LogP contribution < -0.4 is 0 Å². The minimum Gasteiger partial charge on any atom is -0.412 e. The summed E-state index contributed by atoms with van der Waals surface area (Å²) in [5.41, 5.74) is 0.628. The van der Waals surface area contributed by atoms with Crippen LogP contribution in [0.25, 0.3) is 10.9 Å². The zero-order valence-electron chi connectivity index (χ0n) is 14.4. The van der Waals surface area contributed by atoms with E-state index in [9.17, 15) is 0 Å². The van der Waals surface area contributed by atoms with Crippen LogP contribution in [0.4, 0.5) is 0 Å². The van der Waals surface area contributed by atoms with Crippen molar-refractivity contribution in [2.75, 3.05) is 0 Å². The van der Waals surface area contributed by atoms with Crippen molar-refractivity contribution < 1.29 is 4.43 Å². The Morgan fingerprint density at radius 2 is 1.83 bits per heavy atom. The first kappa shape index (κ1) is 19.1. The lowest BCUT2D eigenvalue weighted by molar-refractivity contribution is 0.174. The lowest BCUT2D eigenvalue weighted by Crippen LogP contribution is -2.44. The maximum atomic E-state index is 6.37. The molecule has 0 bridgehead atoms. The van der Waals surface area contributed by atoms with E-state index >= 15 is 0 Å². The Hall–Kier alpha value is -0.263. The maximum Gasteiger partial charge on any atom is 0.192 e. The molecule has 1 aromatic carbocycles. The first-order valence-corrected chi connectivity index (χ1v) is 11.6. The number of benzene rings is 1. The largest absolute Gasteiger partial charge is 0.412 e. The third-order valence-electron chi connectivity index (χ3n) is 4.44. The highest BCUT2D eigenvalue weighted by atomic mass is 35.5. The first-order valence-electron chi connectivity index (χ1n) is 7.61. The fourth-order valence-electron chi connectivity index (χ4n) is 2.20. The molecule has 1 aromatic heterocycles. The number of halogens is 3. The van der Waals surface area contributed by atoms with E-state index in [2.05, 4.69) is 45.9 Å². The molecule has 0 saturated heterocycles. The molecule has 0 aliphatic rings. The van der Waals surface area contributed by atoms with Gasteiger partial charge in [-0.05, 0) is 31.1 Å². The smallest absolute Gasteiger partial charge is 0.192 e. The molecule has 1 unspecified atom stereocenters. The standard InChI is InChI=1S/C16H23Cl3N2OSi/c1-10(22-23(5,6)16(2,3)4)8-21-9-11-12(17)7-13(18)14(19)15(11)20-21/h7,9-10H,8H2,1-6H3. The van der Waals surface area contributed by atoms with E-state index in [1.54, 1.807) is 6.07 Å². The Morgan fingerprint density at radius 1 is 1.22 bits per heavy atom. The SMILES string of the molecule is CC(Cn1cc2c(Cl)cc(Cl)c(Cl)c2n1)O[Si](C)(C)C(C)(C)C. The molecule has 3 nitrogen and oxygen atoms in total. The van der Waals surface area contributed by atoms with Crippen molar-refractivity contribution in [3.63, 3.8) is 0 Å². The normalized spacial score (nSPS) is 14.5. The zero-order valence-corrected chi connectivity index (χ0v) is 17.6. The molecule has 0 saturated carbocycles. The molecule has 1 heterocycles. The van der Waals surface area contributed by atoms with Gasteiger partial charge in [-0.25, -0.2) is 0 Å². The maximum absolute atomic E-state index is 6.37. The summed E-state index contributed by atoms with van der Waals surface area (Å²) in [7, 11) is -1.81. The van der Waals surface area contributed by atoms with E-state index < -0.39 is 8.32 Å². The Balaban J connectivity index is 2.23. The summed E-state index contributed by atoms with van der Waals surface area (Å²) in [6, 6.07) is 1.65. The van der Waals surface area contributed by atoms with Crippen molar-refractivity contribution in [2.24, 2.45) is 0 Å². The lowest BCUT2D eigenvalue weighted by atomic mass is 10.2. The van der Waals surface area contributed by atoms with Crippen LogP contribution in [0.5, 0.6) is 0 Å². The monoisotopic (exact) mass is 392 g/mol. The van der Waals surface area contributed by atoms with Gasteiger partial charge in [0.1, 0.15) is 5.52 Å². The molecule has 0 fully saturated rings. The summed E-state index contributed by atoms with van der Waals surface area (Å²) in [4.78, 5) is 0. The van der Waals surface area contributed by atoms with Crippen molar-refractivity contribution in [3.05, 3.63) is 27.3 Å². The van der Waals surface area contributed by atoms with Gasteiger partial charge in [0, 0.05) is 11.6 Å². The predicted octanol–water partition coefficient (Wildman–Crippen LogP) is 6.41. The van der Waals surface area contributed by atoms with Crippen LogP contribution >= 0.6 is 34.8 Å². The molecule has 0 aliphatic heterocycles. The van der Waals surface area contributed by atoms with Crippen LogP contribution in [0.15, 0.2) is 12.3 Å². The van der Waals surface area contributed by atoms with E-state index in [-0.39, 0.29) is 11.1 Å². The highest BCUT2D eigenvalue weighted by molar-refractivity contribution is 6.74. The molecule has 0 radical (unpaired) electrons. The van der Waals surface area contributed by atoms with Crippen LogP contribution in [0.3, 0.4) is 0 Å². The molecule has 0 N–H and O–H groups in total. The van der Waals surface area contributed by atoms with Gasteiger partial charge < -0.3 is 4.43 Å². The molecule has 2 rings (SSSR count). The summed E-state index contributed by atoms with van der Waals surface area (Å²) in [5.74, 6) is 0. The van der Waals surface area contributed by atoms with Crippen molar-refractivity contribution >= 4 is 54.0 Å². The fraction of sp³-hybridized carbons (Fsp3) is 0.562. The molecule has 0 spiro atoms. The van der Waals surface area contributed by atoms with Crippen LogP contribution in [0.2, 0.25) is 33.2 Å². The van der Waals surface area contributed by atoms with Gasteiger partial charge >= 0.3 is 0 Å². The number of aromatic nitrogens is 2. The van der Waals surface area contributed by atoms with Gasteiger partial charge in [-0.1, -0.05) is 55.6 Å². The summed E-state index contributed by atoms with van der Waals surface area (Å²) in [6.45, 7) is 13.9. The van der Waals surface area contributed by atoms with Crippen molar-refractivity contribution in [1.82, 2.24) is 9.78 Å². The topological polar surface area (TPSA) is 27.1 Å². The van der Waals surface area contributed by atoms with E-state index in [1.807, 2.05) is 10.9 Å². The lowest BCUT2D eigenvalue weighted by Gasteiger charge is -2.38. The van der Waals surface area contributed by atoms with Gasteiger partial charge in [-0.2, -0.15) is 5.10 Å². The van der Waals surface area contributed by atoms with Gasteiger partial charge in [-0.15, -0.1) is 0 Å². The van der Waals surface area contributed by atoms with Crippen LogP contribution in [-0.2, 0) is 11.0 Å². The molecule has 0 amide bonds. The van der Waals surface area contributed by atoms with Crippen LogP contribution in [0.1, 0.15) is 27.7 Å². The van der Waals surface area contributed by atoms with E-state index in [0.29, 0.717) is 27.1 Å². The minimum absolute atomic E-state index is 0.0539. The Morgan fingerprint density at radius 3 is 2.39 bits per heavy atom. The Kier molecular flexibility index (Phi) is 5.44. The third kappa shape index (κ3) is 4.05. The fourth-order valence-corrected chi connectivity index (χ4v) is 4.33. The average molecular weight is 394 g/mol. The van der Waals surface area contributed by atoms with Crippen LogP contribution in [0, 0.1) is 0 Å². The Labute approximate surface area is 154 Å². The Bertz CT molecular complexity index is 722.